The van der Waals surface area contributed by atoms with Gasteiger partial charge in [-0.2, -0.15) is 0 Å². The van der Waals surface area contributed by atoms with Gasteiger partial charge in [0.15, 0.2) is 11.5 Å². The van der Waals surface area contributed by atoms with Crippen LogP contribution in [0.2, 0.25) is 0 Å². The predicted molar refractivity (Wildman–Crippen MR) is 142 cm³/mol. The number of hydrogen-bond donors (Lipinski definition) is 2. The summed E-state index contributed by atoms with van der Waals surface area (Å²) in [6.45, 7) is 4.20. The third kappa shape index (κ3) is 4.13. The zero-order valence-electron chi connectivity index (χ0n) is 22.6. The fraction of sp³-hybridized carbons (Fsp3) is 0.774. The number of hydrogen-bond acceptors (Lipinski definition) is 6. The monoisotopic (exact) mass is 511 g/mol. The number of benzene rings is 1. The Morgan fingerprint density at radius 2 is 1.89 bits per heavy atom. The highest BCUT2D eigenvalue weighted by Gasteiger charge is 2.73. The lowest BCUT2D eigenvalue weighted by Gasteiger charge is -2.64. The van der Waals surface area contributed by atoms with E-state index in [1.165, 1.54) is 56.9 Å². The summed E-state index contributed by atoms with van der Waals surface area (Å²) in [6.07, 6.45) is 14.0. The van der Waals surface area contributed by atoms with Crippen molar-refractivity contribution in [1.29, 1.82) is 0 Å². The highest BCUT2D eigenvalue weighted by atomic mass is 16.6. The first-order chi connectivity index (χ1) is 18.0. The van der Waals surface area contributed by atoms with Gasteiger partial charge in [0, 0.05) is 24.6 Å². The van der Waals surface area contributed by atoms with Crippen molar-refractivity contribution in [2.75, 3.05) is 13.1 Å². The van der Waals surface area contributed by atoms with Gasteiger partial charge < -0.3 is 19.7 Å². The van der Waals surface area contributed by atoms with Gasteiger partial charge in [-0.1, -0.05) is 57.9 Å². The molecule has 5 atom stereocenters. The smallest absolute Gasteiger partial charge is 0.311 e. The van der Waals surface area contributed by atoms with E-state index in [-0.39, 0.29) is 12.0 Å². The average Bonchev–Trinajstić information content (AvgIpc) is 3.21. The van der Waals surface area contributed by atoms with Crippen LogP contribution in [0.1, 0.15) is 108 Å². The second-order valence-corrected chi connectivity index (χ2v) is 12.6. The van der Waals surface area contributed by atoms with Crippen LogP contribution < -0.4 is 9.47 Å². The lowest BCUT2D eigenvalue weighted by atomic mass is 9.48. The molecular formula is C31H45NO5. The van der Waals surface area contributed by atoms with E-state index in [0.717, 1.165) is 50.3 Å². The van der Waals surface area contributed by atoms with Crippen molar-refractivity contribution in [3.05, 3.63) is 23.3 Å². The lowest BCUT2D eigenvalue weighted by molar-refractivity contribution is -0.209. The summed E-state index contributed by atoms with van der Waals surface area (Å²) in [6, 6.07) is 4.01. The van der Waals surface area contributed by atoms with Gasteiger partial charge in [-0.25, -0.2) is 0 Å². The first-order valence-electron chi connectivity index (χ1n) is 15.2. The average molecular weight is 512 g/mol. The molecule has 204 valence electrons. The second-order valence-electron chi connectivity index (χ2n) is 12.6. The van der Waals surface area contributed by atoms with Crippen LogP contribution in [0, 0.1) is 5.92 Å². The van der Waals surface area contributed by atoms with Crippen molar-refractivity contribution in [2.24, 2.45) is 5.92 Å². The Morgan fingerprint density at radius 1 is 1.11 bits per heavy atom. The van der Waals surface area contributed by atoms with Gasteiger partial charge in [-0.3, -0.25) is 9.69 Å². The van der Waals surface area contributed by atoms with Gasteiger partial charge >= 0.3 is 5.97 Å². The molecule has 1 saturated heterocycles. The highest BCUT2D eigenvalue weighted by Crippen LogP contribution is 2.65. The molecule has 0 radical (unpaired) electrons. The molecule has 0 unspecified atom stereocenters. The molecule has 2 bridgehead atoms. The third-order valence-corrected chi connectivity index (χ3v) is 10.5. The number of aliphatic hydroxyl groups excluding tert-OH is 1. The van der Waals surface area contributed by atoms with Gasteiger partial charge in [-0.15, -0.1) is 0 Å². The summed E-state index contributed by atoms with van der Waals surface area (Å²) in [5.41, 5.74) is 0.637. The quantitative estimate of drug-likeness (QED) is 0.246. The van der Waals surface area contributed by atoms with Crippen LogP contribution in [-0.4, -0.2) is 58.0 Å². The maximum absolute atomic E-state index is 12.8. The topological polar surface area (TPSA) is 79.2 Å². The van der Waals surface area contributed by atoms with E-state index in [1.54, 1.807) is 0 Å². The number of rotatable bonds is 11. The van der Waals surface area contributed by atoms with Crippen LogP contribution in [0.4, 0.5) is 0 Å². The van der Waals surface area contributed by atoms with Crippen LogP contribution >= 0.6 is 0 Å². The molecule has 0 aromatic heterocycles. The zero-order chi connectivity index (χ0) is 25.6. The molecule has 5 aliphatic rings. The molecule has 2 aliphatic heterocycles. The molecule has 1 aromatic carbocycles. The molecule has 0 amide bonds. The number of unbranched alkanes of at least 4 members (excludes halogenated alkanes) is 6. The van der Waals surface area contributed by atoms with E-state index in [2.05, 4.69) is 17.9 Å². The largest absolute Gasteiger partial charge is 0.482 e. The normalized spacial score (nSPS) is 34.0. The van der Waals surface area contributed by atoms with Crippen LogP contribution in [0.25, 0.3) is 0 Å². The Labute approximate surface area is 221 Å². The summed E-state index contributed by atoms with van der Waals surface area (Å²) in [5, 5.41) is 23.6. The van der Waals surface area contributed by atoms with E-state index < -0.39 is 23.2 Å². The molecule has 2 N–H and O–H groups in total. The molecule has 1 spiro atoms. The standard InChI is InChI=1S/C31H45NO5/c1-2-3-4-5-6-7-8-12-26(34)36-24-14-13-22-19-25-31(35)16-15-23(33)29-30(31,27(22)28(24)37-29)17-18-32(25)20-21-10-9-11-21/h13-14,21,23,25,29,33,35H,2-12,15-20H2,1H3/t23-,25+,29-,30-,31+/m0/s1. The number of nitrogens with zero attached hydrogens (tertiary/aromatic N) is 1. The fourth-order valence-electron chi connectivity index (χ4n) is 8.30. The van der Waals surface area contributed by atoms with Crippen molar-refractivity contribution in [1.82, 2.24) is 4.90 Å². The van der Waals surface area contributed by atoms with Crippen molar-refractivity contribution >= 4 is 5.97 Å². The number of carbonyl (C=O) groups is 1. The summed E-state index contributed by atoms with van der Waals surface area (Å²) >= 11 is 0. The van der Waals surface area contributed by atoms with Crippen LogP contribution in [0.15, 0.2) is 12.1 Å². The van der Waals surface area contributed by atoms with E-state index in [4.69, 9.17) is 9.47 Å². The minimum Gasteiger partial charge on any atom is -0.482 e. The molecule has 3 aliphatic carbocycles. The number of esters is 1. The minimum absolute atomic E-state index is 0.0460. The Morgan fingerprint density at radius 3 is 2.65 bits per heavy atom. The molecule has 3 fully saturated rings. The third-order valence-electron chi connectivity index (χ3n) is 10.5. The highest BCUT2D eigenvalue weighted by molar-refractivity contribution is 5.75. The number of likely N-dealkylation sites (tertiary alicyclic amines) is 1. The molecule has 6 nitrogen and oxygen atoms in total. The Bertz CT molecular complexity index is 1010. The van der Waals surface area contributed by atoms with Crippen LogP contribution in [0.5, 0.6) is 11.5 Å². The van der Waals surface area contributed by atoms with Crippen molar-refractivity contribution in [2.45, 2.75) is 133 Å². The molecule has 6 rings (SSSR count). The second kappa shape index (κ2) is 10.2. The summed E-state index contributed by atoms with van der Waals surface area (Å²) in [7, 11) is 0. The number of ether oxygens (including phenoxy) is 2. The SMILES string of the molecule is CCCCCCCCCC(=O)Oc1ccc2c3c1O[C@H]1[C@@H](O)CC[C@@]4(O)[C@@H](C2)N(CC2CCC2)CC[C@]314. The fourth-order valence-corrected chi connectivity index (χ4v) is 8.30. The number of piperidine rings is 1. The summed E-state index contributed by atoms with van der Waals surface area (Å²) in [4.78, 5) is 15.3. The lowest BCUT2D eigenvalue weighted by Crippen LogP contribution is -2.77. The van der Waals surface area contributed by atoms with E-state index in [0.29, 0.717) is 30.8 Å². The van der Waals surface area contributed by atoms with E-state index in [1.807, 2.05) is 6.07 Å². The van der Waals surface area contributed by atoms with Gasteiger partial charge in [-0.05, 0) is 69.0 Å². The minimum atomic E-state index is -0.933. The van der Waals surface area contributed by atoms with Gasteiger partial charge in [0.1, 0.15) is 6.10 Å². The number of carbonyl (C=O) groups excluding carboxylic acids is 1. The molecule has 2 saturated carbocycles. The Kier molecular flexibility index (Phi) is 7.04. The molecule has 37 heavy (non-hydrogen) atoms. The Balaban J connectivity index is 1.22. The van der Waals surface area contributed by atoms with Gasteiger partial charge in [0.2, 0.25) is 0 Å². The van der Waals surface area contributed by atoms with Crippen molar-refractivity contribution in [3.63, 3.8) is 0 Å². The van der Waals surface area contributed by atoms with Gasteiger partial charge in [0.05, 0.1) is 17.1 Å². The number of aliphatic hydroxyl groups is 2. The summed E-state index contributed by atoms with van der Waals surface area (Å²) in [5.74, 6) is 1.58. The maximum Gasteiger partial charge on any atom is 0.311 e. The molecule has 1 aromatic rings. The van der Waals surface area contributed by atoms with Crippen molar-refractivity contribution in [3.8, 4) is 11.5 Å². The Hall–Kier alpha value is -1.63. The zero-order valence-corrected chi connectivity index (χ0v) is 22.6. The summed E-state index contributed by atoms with van der Waals surface area (Å²) < 4.78 is 12.4. The maximum atomic E-state index is 12.8. The van der Waals surface area contributed by atoms with Crippen LogP contribution in [-0.2, 0) is 16.6 Å². The van der Waals surface area contributed by atoms with Gasteiger partial charge in [0.25, 0.3) is 0 Å². The molecule has 6 heteroatoms. The van der Waals surface area contributed by atoms with Crippen molar-refractivity contribution < 1.29 is 24.5 Å². The van der Waals surface area contributed by atoms with E-state index >= 15 is 0 Å². The molecule has 2 heterocycles. The van der Waals surface area contributed by atoms with Crippen LogP contribution in [0.3, 0.4) is 0 Å². The predicted octanol–water partition coefficient (Wildman–Crippen LogP) is 5.05. The first-order valence-corrected chi connectivity index (χ1v) is 15.2. The van der Waals surface area contributed by atoms with E-state index in [9.17, 15) is 15.0 Å². The molecular weight excluding hydrogens is 466 g/mol. The first kappa shape index (κ1) is 25.6.